The predicted molar refractivity (Wildman–Crippen MR) is 128 cm³/mol. The van der Waals surface area contributed by atoms with Gasteiger partial charge in [-0.25, -0.2) is 4.79 Å². The number of benzene rings is 1. The average Bonchev–Trinajstić information content (AvgIpc) is 3.44. The van der Waals surface area contributed by atoms with E-state index < -0.39 is 17.7 Å². The minimum atomic E-state index is -0.609. The monoisotopic (exact) mass is 471 g/mol. The minimum Gasteiger partial charge on any atom is -0.494 e. The van der Waals surface area contributed by atoms with Gasteiger partial charge in [0.2, 0.25) is 5.91 Å². The van der Waals surface area contributed by atoms with Gasteiger partial charge in [0.05, 0.1) is 6.61 Å². The number of nitrogens with one attached hydrogen (secondary N) is 1. The Kier molecular flexibility index (Phi) is 7.17. The fourth-order valence-electron chi connectivity index (χ4n) is 4.84. The third-order valence-electron chi connectivity index (χ3n) is 6.69. The van der Waals surface area contributed by atoms with Crippen molar-refractivity contribution >= 4 is 17.8 Å². The quantitative estimate of drug-likeness (QED) is 0.439. The molecule has 3 atom stereocenters. The molecule has 186 valence electrons. The first-order valence-corrected chi connectivity index (χ1v) is 12.4. The Morgan fingerprint density at radius 2 is 1.79 bits per heavy atom. The molecule has 2 heterocycles. The number of hydrogen-bond acceptors (Lipinski definition) is 6. The van der Waals surface area contributed by atoms with E-state index in [1.807, 2.05) is 29.2 Å². The smallest absolute Gasteiger partial charge is 0.408 e. The third kappa shape index (κ3) is 6.09. The maximum absolute atomic E-state index is 12.9. The molecule has 8 heteroatoms. The van der Waals surface area contributed by atoms with Crippen LogP contribution in [0.15, 0.2) is 24.3 Å². The largest absolute Gasteiger partial charge is 0.494 e. The van der Waals surface area contributed by atoms with E-state index in [9.17, 15) is 14.4 Å². The van der Waals surface area contributed by atoms with Gasteiger partial charge in [-0.05, 0) is 77.6 Å². The number of piperazine rings is 1. The van der Waals surface area contributed by atoms with Crippen LogP contribution in [0.4, 0.5) is 4.79 Å². The van der Waals surface area contributed by atoms with Crippen molar-refractivity contribution in [2.45, 2.75) is 77.1 Å². The highest BCUT2D eigenvalue weighted by atomic mass is 16.6. The van der Waals surface area contributed by atoms with Crippen LogP contribution in [-0.4, -0.2) is 77.6 Å². The average molecular weight is 472 g/mol. The number of Topliss-reactive ketones (excluding diaryl/α,β-unsaturated/α-hetero) is 1. The molecule has 1 aromatic carbocycles. The number of carbonyl (C=O) groups is 3. The molecule has 0 aromatic heterocycles. The Balaban J connectivity index is 1.15. The Morgan fingerprint density at radius 1 is 1.09 bits per heavy atom. The Morgan fingerprint density at radius 3 is 2.38 bits per heavy atom. The molecular weight excluding hydrogens is 434 g/mol. The summed E-state index contributed by atoms with van der Waals surface area (Å²) in [5.74, 6) is 1.22. The summed E-state index contributed by atoms with van der Waals surface area (Å²) >= 11 is 0. The van der Waals surface area contributed by atoms with Crippen LogP contribution in [0.1, 0.15) is 63.7 Å². The molecule has 1 aliphatic carbocycles. The van der Waals surface area contributed by atoms with Gasteiger partial charge in [-0.15, -0.1) is 0 Å². The number of hydrogen-bond donors (Lipinski definition) is 1. The third-order valence-corrected chi connectivity index (χ3v) is 6.69. The SMILES string of the molecule is C[C@@H](NC(=O)OC(C)(C)C)C(=O)N1C[C@@H]2C[C@H]1CN2CCCOc1ccc(C(=O)C2CC2)cc1. The summed E-state index contributed by atoms with van der Waals surface area (Å²) < 4.78 is 11.1. The van der Waals surface area contributed by atoms with Crippen LogP contribution >= 0.6 is 0 Å². The Labute approximate surface area is 201 Å². The van der Waals surface area contributed by atoms with Crippen molar-refractivity contribution in [3.8, 4) is 5.75 Å². The zero-order valence-corrected chi connectivity index (χ0v) is 20.7. The van der Waals surface area contributed by atoms with E-state index in [-0.39, 0.29) is 23.7 Å². The maximum Gasteiger partial charge on any atom is 0.408 e. The fraction of sp³-hybridized carbons (Fsp3) is 0.654. The maximum atomic E-state index is 12.9. The molecule has 3 aliphatic rings. The molecule has 8 nitrogen and oxygen atoms in total. The highest BCUT2D eigenvalue weighted by molar-refractivity contribution is 5.99. The first-order valence-electron chi connectivity index (χ1n) is 12.4. The summed E-state index contributed by atoms with van der Waals surface area (Å²) in [5, 5.41) is 2.66. The number of rotatable bonds is 9. The summed E-state index contributed by atoms with van der Waals surface area (Å²) in [7, 11) is 0. The normalized spacial score (nSPS) is 23.0. The highest BCUT2D eigenvalue weighted by Crippen LogP contribution is 2.33. The lowest BCUT2D eigenvalue weighted by Gasteiger charge is -2.35. The van der Waals surface area contributed by atoms with Gasteiger partial charge in [-0.1, -0.05) is 0 Å². The van der Waals surface area contributed by atoms with Crippen LogP contribution in [0.2, 0.25) is 0 Å². The van der Waals surface area contributed by atoms with Crippen molar-refractivity contribution < 1.29 is 23.9 Å². The zero-order chi connectivity index (χ0) is 24.5. The van der Waals surface area contributed by atoms with Crippen LogP contribution in [0.5, 0.6) is 5.75 Å². The number of ether oxygens (including phenoxy) is 2. The van der Waals surface area contributed by atoms with Gasteiger partial charge in [-0.3, -0.25) is 14.5 Å². The topological polar surface area (TPSA) is 88.2 Å². The molecule has 4 rings (SSSR count). The molecule has 34 heavy (non-hydrogen) atoms. The molecule has 2 aliphatic heterocycles. The van der Waals surface area contributed by atoms with E-state index in [4.69, 9.17) is 9.47 Å². The van der Waals surface area contributed by atoms with Crippen LogP contribution in [0.25, 0.3) is 0 Å². The number of fused-ring (bicyclic) bond motifs is 2. The summed E-state index contributed by atoms with van der Waals surface area (Å²) in [6.45, 7) is 10.2. The highest BCUT2D eigenvalue weighted by Gasteiger charge is 2.45. The van der Waals surface area contributed by atoms with Crippen molar-refractivity contribution in [3.05, 3.63) is 29.8 Å². The minimum absolute atomic E-state index is 0.0510. The summed E-state index contributed by atoms with van der Waals surface area (Å²) in [6, 6.07) is 7.42. The van der Waals surface area contributed by atoms with Crippen molar-refractivity contribution in [1.29, 1.82) is 0 Å². The number of likely N-dealkylation sites (tertiary alicyclic amines) is 2. The molecule has 1 aromatic rings. The first kappa shape index (κ1) is 24.5. The van der Waals surface area contributed by atoms with E-state index in [1.165, 1.54) is 0 Å². The number of alkyl carbamates (subject to hydrolysis) is 1. The lowest BCUT2D eigenvalue weighted by atomic mass is 10.1. The molecule has 3 fully saturated rings. The van der Waals surface area contributed by atoms with Gasteiger partial charge >= 0.3 is 6.09 Å². The number of nitrogens with zero attached hydrogens (tertiary/aromatic N) is 2. The van der Waals surface area contributed by atoms with Crippen LogP contribution in [0.3, 0.4) is 0 Å². The van der Waals surface area contributed by atoms with Crippen LogP contribution in [-0.2, 0) is 9.53 Å². The number of carbonyl (C=O) groups excluding carboxylic acids is 3. The molecule has 0 unspecified atom stereocenters. The lowest BCUT2D eigenvalue weighted by Crippen LogP contribution is -2.54. The molecule has 1 N–H and O–H groups in total. The van der Waals surface area contributed by atoms with E-state index >= 15 is 0 Å². The molecule has 0 radical (unpaired) electrons. The second-order valence-corrected chi connectivity index (χ2v) is 10.8. The molecule has 2 saturated heterocycles. The lowest BCUT2D eigenvalue weighted by molar-refractivity contribution is -0.135. The van der Waals surface area contributed by atoms with E-state index in [0.717, 1.165) is 50.1 Å². The van der Waals surface area contributed by atoms with Crippen molar-refractivity contribution in [2.75, 3.05) is 26.2 Å². The van der Waals surface area contributed by atoms with E-state index in [0.29, 0.717) is 19.2 Å². The van der Waals surface area contributed by atoms with Crippen LogP contribution < -0.4 is 10.1 Å². The molecule has 1 saturated carbocycles. The van der Waals surface area contributed by atoms with Gasteiger partial charge < -0.3 is 19.7 Å². The second kappa shape index (κ2) is 9.94. The van der Waals surface area contributed by atoms with E-state index in [1.54, 1.807) is 27.7 Å². The Hall–Kier alpha value is -2.61. The molecule has 0 spiro atoms. The molecule has 2 bridgehead atoms. The van der Waals surface area contributed by atoms with Gasteiger partial charge in [-0.2, -0.15) is 0 Å². The number of ketones is 1. The van der Waals surface area contributed by atoms with Gasteiger partial charge in [0.1, 0.15) is 17.4 Å². The fourth-order valence-corrected chi connectivity index (χ4v) is 4.84. The Bertz CT molecular complexity index is 906. The van der Waals surface area contributed by atoms with Crippen molar-refractivity contribution in [3.63, 3.8) is 0 Å². The van der Waals surface area contributed by atoms with Crippen molar-refractivity contribution in [2.24, 2.45) is 5.92 Å². The second-order valence-electron chi connectivity index (χ2n) is 10.8. The first-order chi connectivity index (χ1) is 16.1. The predicted octanol–water partition coefficient (Wildman–Crippen LogP) is 3.25. The zero-order valence-electron chi connectivity index (χ0n) is 20.7. The van der Waals surface area contributed by atoms with Gasteiger partial charge in [0.25, 0.3) is 0 Å². The van der Waals surface area contributed by atoms with E-state index in [2.05, 4.69) is 10.2 Å². The summed E-state index contributed by atoms with van der Waals surface area (Å²) in [6.07, 6.45) is 3.34. The summed E-state index contributed by atoms with van der Waals surface area (Å²) in [5.41, 5.74) is 0.181. The standard InChI is InChI=1S/C26H37N3O5/c1-17(27-25(32)34-26(2,3)4)24(31)29-16-20-14-21(29)15-28(20)12-5-13-33-22-10-8-19(9-11-22)23(30)18-6-7-18/h8-11,17-18,20-21H,5-7,12-16H2,1-4H3,(H,27,32)/t17-,20+,21+/m1/s1. The molecule has 2 amide bonds. The van der Waals surface area contributed by atoms with Crippen LogP contribution in [0, 0.1) is 5.92 Å². The summed E-state index contributed by atoms with van der Waals surface area (Å²) in [4.78, 5) is 41.3. The van der Waals surface area contributed by atoms with Gasteiger partial charge in [0.15, 0.2) is 5.78 Å². The number of amides is 2. The van der Waals surface area contributed by atoms with Crippen molar-refractivity contribution in [1.82, 2.24) is 15.1 Å². The van der Waals surface area contributed by atoms with Gasteiger partial charge in [0, 0.05) is 43.2 Å². The molecular formula is C26H37N3O5.